The number of anilines is 1. The molecule has 29 heavy (non-hydrogen) atoms. The Morgan fingerprint density at radius 2 is 2.00 bits per heavy atom. The Kier molecular flexibility index (Phi) is 5.04. The summed E-state index contributed by atoms with van der Waals surface area (Å²) in [5, 5.41) is 0.503. The SMILES string of the molecule is N[C@@H]1CCCN(c2cc3nc(C(F)(F)F)cc(=O)n3n2Cc2ccccc2Cl)C1. The van der Waals surface area contributed by atoms with Gasteiger partial charge in [-0.3, -0.25) is 9.48 Å². The number of piperidine rings is 1. The third kappa shape index (κ3) is 3.84. The van der Waals surface area contributed by atoms with Gasteiger partial charge in [-0.05, 0) is 24.5 Å². The molecule has 0 aliphatic carbocycles. The van der Waals surface area contributed by atoms with Crippen LogP contribution in [-0.2, 0) is 12.7 Å². The summed E-state index contributed by atoms with van der Waals surface area (Å²) < 4.78 is 42.2. The molecule has 1 fully saturated rings. The molecule has 1 atom stereocenters. The average Bonchev–Trinajstić information content (AvgIpc) is 3.02. The van der Waals surface area contributed by atoms with E-state index < -0.39 is 17.4 Å². The molecule has 0 unspecified atom stereocenters. The number of alkyl halides is 3. The van der Waals surface area contributed by atoms with Crippen LogP contribution in [0.15, 0.2) is 41.2 Å². The molecular weight excluding hydrogens is 407 g/mol. The second kappa shape index (κ2) is 7.38. The van der Waals surface area contributed by atoms with Gasteiger partial charge in [-0.25, -0.2) is 4.98 Å². The average molecular weight is 426 g/mol. The molecule has 3 aromatic rings. The van der Waals surface area contributed by atoms with Crippen molar-refractivity contribution in [1.82, 2.24) is 14.2 Å². The second-order valence-corrected chi connectivity index (χ2v) is 7.55. The van der Waals surface area contributed by atoms with Gasteiger partial charge in [-0.2, -0.15) is 17.7 Å². The first kappa shape index (κ1) is 19.8. The Balaban J connectivity index is 1.91. The van der Waals surface area contributed by atoms with Crippen molar-refractivity contribution in [2.75, 3.05) is 18.0 Å². The zero-order chi connectivity index (χ0) is 20.8. The summed E-state index contributed by atoms with van der Waals surface area (Å²) in [5.74, 6) is 0.587. The molecule has 0 radical (unpaired) electrons. The van der Waals surface area contributed by atoms with Gasteiger partial charge in [0.2, 0.25) is 0 Å². The molecule has 0 saturated carbocycles. The van der Waals surface area contributed by atoms with Crippen LogP contribution in [0.5, 0.6) is 0 Å². The summed E-state index contributed by atoms with van der Waals surface area (Å²) in [7, 11) is 0. The lowest BCUT2D eigenvalue weighted by Crippen LogP contribution is -2.44. The maximum absolute atomic E-state index is 13.1. The highest BCUT2D eigenvalue weighted by Gasteiger charge is 2.34. The van der Waals surface area contributed by atoms with E-state index in [1.807, 2.05) is 17.0 Å². The minimum absolute atomic E-state index is 0.0501. The molecule has 2 N–H and O–H groups in total. The van der Waals surface area contributed by atoms with Gasteiger partial charge in [0.25, 0.3) is 5.56 Å². The van der Waals surface area contributed by atoms with Crippen LogP contribution in [-0.4, -0.2) is 33.3 Å². The van der Waals surface area contributed by atoms with Gasteiger partial charge in [-0.1, -0.05) is 29.8 Å². The van der Waals surface area contributed by atoms with Gasteiger partial charge in [0.05, 0.1) is 6.54 Å². The molecule has 1 aromatic carbocycles. The monoisotopic (exact) mass is 425 g/mol. The van der Waals surface area contributed by atoms with Crippen LogP contribution in [0, 0.1) is 0 Å². The number of rotatable bonds is 3. The summed E-state index contributed by atoms with van der Waals surface area (Å²) in [4.78, 5) is 18.3. The Morgan fingerprint density at radius 3 is 2.69 bits per heavy atom. The molecule has 0 amide bonds. The Labute approximate surface area is 169 Å². The maximum Gasteiger partial charge on any atom is 0.433 e. The lowest BCUT2D eigenvalue weighted by atomic mass is 10.1. The molecular formula is C19H19ClF3N5O. The molecule has 154 valence electrons. The van der Waals surface area contributed by atoms with E-state index in [1.165, 1.54) is 6.07 Å². The summed E-state index contributed by atoms with van der Waals surface area (Å²) in [6.07, 6.45) is -2.98. The highest BCUT2D eigenvalue weighted by atomic mass is 35.5. The van der Waals surface area contributed by atoms with Crippen molar-refractivity contribution in [2.45, 2.75) is 31.6 Å². The van der Waals surface area contributed by atoms with Crippen molar-refractivity contribution < 1.29 is 13.2 Å². The summed E-state index contributed by atoms with van der Waals surface area (Å²) >= 11 is 6.28. The van der Waals surface area contributed by atoms with E-state index >= 15 is 0 Å². The van der Waals surface area contributed by atoms with Gasteiger partial charge < -0.3 is 10.6 Å². The number of halogens is 4. The fraction of sp³-hybridized carbons (Fsp3) is 0.368. The number of nitrogens with two attached hydrogens (primary N) is 1. The molecule has 0 bridgehead atoms. The number of aromatic nitrogens is 3. The van der Waals surface area contributed by atoms with Gasteiger partial charge in [0.1, 0.15) is 5.82 Å². The van der Waals surface area contributed by atoms with Crippen LogP contribution in [0.2, 0.25) is 5.02 Å². The Morgan fingerprint density at radius 1 is 1.24 bits per heavy atom. The minimum atomic E-state index is -4.70. The first-order valence-electron chi connectivity index (χ1n) is 9.19. The molecule has 1 aliphatic heterocycles. The molecule has 4 rings (SSSR count). The number of nitrogens with zero attached hydrogens (tertiary/aromatic N) is 4. The highest BCUT2D eigenvalue weighted by Crippen LogP contribution is 2.29. The van der Waals surface area contributed by atoms with E-state index in [-0.39, 0.29) is 18.2 Å². The van der Waals surface area contributed by atoms with E-state index in [1.54, 1.807) is 16.8 Å². The molecule has 1 saturated heterocycles. The van der Waals surface area contributed by atoms with Crippen molar-refractivity contribution >= 4 is 23.1 Å². The van der Waals surface area contributed by atoms with Crippen LogP contribution in [0.3, 0.4) is 0 Å². The fourth-order valence-corrected chi connectivity index (χ4v) is 3.88. The molecule has 2 aromatic heterocycles. The van der Waals surface area contributed by atoms with Gasteiger partial charge in [-0.15, -0.1) is 0 Å². The lowest BCUT2D eigenvalue weighted by molar-refractivity contribution is -0.141. The van der Waals surface area contributed by atoms with E-state index in [0.717, 1.165) is 22.9 Å². The van der Waals surface area contributed by atoms with Crippen molar-refractivity contribution in [3.05, 3.63) is 63.0 Å². The van der Waals surface area contributed by atoms with Crippen LogP contribution < -0.4 is 16.2 Å². The van der Waals surface area contributed by atoms with E-state index in [2.05, 4.69) is 4.98 Å². The normalized spacial score (nSPS) is 17.8. The van der Waals surface area contributed by atoms with E-state index in [9.17, 15) is 18.0 Å². The van der Waals surface area contributed by atoms with Crippen molar-refractivity contribution in [1.29, 1.82) is 0 Å². The molecule has 0 spiro atoms. The molecule has 10 heteroatoms. The van der Waals surface area contributed by atoms with E-state index in [4.69, 9.17) is 17.3 Å². The largest absolute Gasteiger partial charge is 0.433 e. The van der Waals surface area contributed by atoms with E-state index in [0.29, 0.717) is 30.0 Å². The lowest BCUT2D eigenvalue weighted by Gasteiger charge is -2.32. The zero-order valence-electron chi connectivity index (χ0n) is 15.4. The van der Waals surface area contributed by atoms with Crippen LogP contribution in [0.1, 0.15) is 24.1 Å². The third-order valence-electron chi connectivity index (χ3n) is 5.04. The number of fused-ring (bicyclic) bond motifs is 1. The fourth-order valence-electron chi connectivity index (χ4n) is 3.68. The topological polar surface area (TPSA) is 68.6 Å². The maximum atomic E-state index is 13.1. The number of hydrogen-bond donors (Lipinski definition) is 1. The third-order valence-corrected chi connectivity index (χ3v) is 5.40. The summed E-state index contributed by atoms with van der Waals surface area (Å²) in [5.41, 5.74) is 4.75. The molecule has 6 nitrogen and oxygen atoms in total. The second-order valence-electron chi connectivity index (χ2n) is 7.15. The van der Waals surface area contributed by atoms with Gasteiger partial charge in [0, 0.05) is 36.3 Å². The van der Waals surface area contributed by atoms with Crippen LogP contribution in [0.4, 0.5) is 19.0 Å². The van der Waals surface area contributed by atoms with Crippen molar-refractivity contribution in [3.63, 3.8) is 0 Å². The predicted molar refractivity (Wildman–Crippen MR) is 104 cm³/mol. The molecule has 3 heterocycles. The minimum Gasteiger partial charge on any atom is -0.355 e. The Hall–Kier alpha value is -2.52. The summed E-state index contributed by atoms with van der Waals surface area (Å²) in [6.45, 7) is 1.43. The smallest absolute Gasteiger partial charge is 0.355 e. The van der Waals surface area contributed by atoms with Gasteiger partial charge in [0.15, 0.2) is 11.3 Å². The first-order chi connectivity index (χ1) is 13.7. The quantitative estimate of drug-likeness (QED) is 0.700. The zero-order valence-corrected chi connectivity index (χ0v) is 16.1. The van der Waals surface area contributed by atoms with Crippen LogP contribution >= 0.6 is 11.6 Å². The number of hydrogen-bond acceptors (Lipinski definition) is 4. The molecule has 1 aliphatic rings. The van der Waals surface area contributed by atoms with Crippen molar-refractivity contribution in [3.8, 4) is 0 Å². The Bertz CT molecular complexity index is 1110. The highest BCUT2D eigenvalue weighted by molar-refractivity contribution is 6.31. The first-order valence-corrected chi connectivity index (χ1v) is 9.56. The van der Waals surface area contributed by atoms with Crippen molar-refractivity contribution in [2.24, 2.45) is 5.73 Å². The van der Waals surface area contributed by atoms with Crippen LogP contribution in [0.25, 0.3) is 5.65 Å². The number of benzene rings is 1. The predicted octanol–water partition coefficient (Wildman–Crippen LogP) is 3.14. The van der Waals surface area contributed by atoms with Gasteiger partial charge >= 0.3 is 6.18 Å². The standard InChI is InChI=1S/C19H19ClF3N5O/c20-14-6-2-1-4-12(14)10-27-17(26-7-3-5-13(24)11-26)9-16-25-15(19(21,22)23)8-18(29)28(16)27/h1-2,4,6,8-9,13H,3,5,7,10-11,24H2/t13-/m1/s1. The summed E-state index contributed by atoms with van der Waals surface area (Å²) in [6, 6.07) is 9.10.